The number of carbonyl (C=O) groups excluding carboxylic acids is 3. The fraction of sp³-hybridized carbons (Fsp3) is 0.552. The molecule has 3 heterocycles. The fourth-order valence-electron chi connectivity index (χ4n) is 6.29. The van der Waals surface area contributed by atoms with Gasteiger partial charge in [0, 0.05) is 16.9 Å². The highest BCUT2D eigenvalue weighted by atomic mass is 79.9. The van der Waals surface area contributed by atoms with E-state index in [4.69, 9.17) is 9.47 Å². The molecule has 3 saturated heterocycles. The van der Waals surface area contributed by atoms with Crippen LogP contribution in [0.2, 0.25) is 0 Å². The van der Waals surface area contributed by atoms with Gasteiger partial charge in [0.2, 0.25) is 11.8 Å². The third-order valence-corrected chi connectivity index (χ3v) is 8.72. The number of benzene rings is 1. The first-order chi connectivity index (χ1) is 18.0. The number of aliphatic hydroxyl groups is 1. The molecule has 1 spiro atoms. The lowest BCUT2D eigenvalue weighted by Crippen LogP contribution is -2.60. The van der Waals surface area contributed by atoms with Crippen molar-refractivity contribution in [1.29, 1.82) is 0 Å². The van der Waals surface area contributed by atoms with E-state index in [9.17, 15) is 19.5 Å². The molecule has 1 aromatic carbocycles. The lowest BCUT2D eigenvalue weighted by Gasteiger charge is -2.43. The van der Waals surface area contributed by atoms with Crippen LogP contribution in [0.4, 0.5) is 0 Å². The van der Waals surface area contributed by atoms with Crippen LogP contribution in [0.15, 0.2) is 55.6 Å². The third kappa shape index (κ3) is 4.62. The molecule has 2 bridgehead atoms. The van der Waals surface area contributed by atoms with Crippen LogP contribution in [0.25, 0.3) is 0 Å². The molecule has 0 aliphatic carbocycles. The highest BCUT2D eigenvalue weighted by molar-refractivity contribution is 9.09. The van der Waals surface area contributed by atoms with Crippen molar-refractivity contribution in [3.8, 4) is 0 Å². The van der Waals surface area contributed by atoms with Gasteiger partial charge in [-0.15, -0.1) is 13.2 Å². The number of amides is 2. The topological polar surface area (TPSA) is 96.4 Å². The normalized spacial score (nSPS) is 30.6. The van der Waals surface area contributed by atoms with Crippen LogP contribution in [-0.2, 0) is 23.9 Å². The Bertz CT molecular complexity index is 1090. The Morgan fingerprint density at radius 1 is 1.29 bits per heavy atom. The first kappa shape index (κ1) is 28.5. The number of hydrogen-bond donors (Lipinski definition) is 1. The summed E-state index contributed by atoms with van der Waals surface area (Å²) in [6, 6.07) is 7.29. The van der Waals surface area contributed by atoms with E-state index in [1.165, 1.54) is 4.90 Å². The van der Waals surface area contributed by atoms with Crippen LogP contribution >= 0.6 is 15.9 Å². The monoisotopic (exact) mass is 588 g/mol. The lowest BCUT2D eigenvalue weighted by molar-refractivity contribution is -0.157. The highest BCUT2D eigenvalue weighted by Gasteiger charge is 2.77. The van der Waals surface area contributed by atoms with E-state index in [1.807, 2.05) is 51.1 Å². The summed E-state index contributed by atoms with van der Waals surface area (Å²) in [5.41, 5.74) is -1.13. The Morgan fingerprint density at radius 2 is 1.97 bits per heavy atom. The van der Waals surface area contributed by atoms with Gasteiger partial charge >= 0.3 is 5.97 Å². The van der Waals surface area contributed by atoms with Gasteiger partial charge in [-0.25, -0.2) is 0 Å². The van der Waals surface area contributed by atoms with E-state index < -0.39 is 53.7 Å². The summed E-state index contributed by atoms with van der Waals surface area (Å²) in [4.78, 5) is 45.1. The van der Waals surface area contributed by atoms with Crippen LogP contribution in [0, 0.1) is 11.8 Å². The van der Waals surface area contributed by atoms with Crippen LogP contribution < -0.4 is 0 Å². The second kappa shape index (κ2) is 10.9. The molecule has 8 nitrogen and oxygen atoms in total. The Hall–Kier alpha value is -2.49. The molecule has 4 rings (SSSR count). The molecule has 0 saturated carbocycles. The highest BCUT2D eigenvalue weighted by Crippen LogP contribution is 2.61. The number of ether oxygens (including phenoxy) is 2. The zero-order valence-electron chi connectivity index (χ0n) is 22.2. The number of esters is 1. The van der Waals surface area contributed by atoms with Crippen molar-refractivity contribution < 1.29 is 29.0 Å². The summed E-state index contributed by atoms with van der Waals surface area (Å²) in [6.45, 7) is 13.3. The van der Waals surface area contributed by atoms with Gasteiger partial charge in [0.05, 0.1) is 37.2 Å². The smallest absolute Gasteiger partial charge is 0.312 e. The predicted molar refractivity (Wildman–Crippen MR) is 146 cm³/mol. The van der Waals surface area contributed by atoms with Crippen molar-refractivity contribution in [1.82, 2.24) is 9.80 Å². The number of hydrogen-bond acceptors (Lipinski definition) is 6. The molecule has 0 radical (unpaired) electrons. The zero-order chi connectivity index (χ0) is 27.8. The molecule has 7 atom stereocenters. The molecule has 38 heavy (non-hydrogen) atoms. The number of aliphatic hydroxyl groups excluding tert-OH is 1. The summed E-state index contributed by atoms with van der Waals surface area (Å²) < 4.78 is 12.1. The largest absolute Gasteiger partial charge is 0.465 e. The summed E-state index contributed by atoms with van der Waals surface area (Å²) in [7, 11) is 0. The van der Waals surface area contributed by atoms with Crippen LogP contribution in [0.5, 0.6) is 0 Å². The molecule has 1 N–H and O–H groups in total. The molecule has 3 aliphatic heterocycles. The molecule has 3 unspecified atom stereocenters. The Balaban J connectivity index is 1.85. The third-order valence-electron chi connectivity index (χ3n) is 7.88. The summed E-state index contributed by atoms with van der Waals surface area (Å²) in [5.74, 6) is -2.98. The number of carbonyl (C=O) groups is 3. The summed E-state index contributed by atoms with van der Waals surface area (Å²) in [5, 5.41) is 10.6. The van der Waals surface area contributed by atoms with Gasteiger partial charge < -0.3 is 24.4 Å². The van der Waals surface area contributed by atoms with Crippen molar-refractivity contribution in [3.63, 3.8) is 0 Å². The Morgan fingerprint density at radius 3 is 2.55 bits per heavy atom. The molecular weight excluding hydrogens is 552 g/mol. The van der Waals surface area contributed by atoms with Gasteiger partial charge in [0.1, 0.15) is 11.6 Å². The average molecular weight is 590 g/mol. The van der Waals surface area contributed by atoms with E-state index in [-0.39, 0.29) is 29.8 Å². The van der Waals surface area contributed by atoms with Crippen LogP contribution in [-0.4, -0.2) is 80.6 Å². The molecule has 3 aliphatic rings. The minimum absolute atomic E-state index is 0.152. The van der Waals surface area contributed by atoms with Crippen molar-refractivity contribution in [2.75, 3.05) is 19.8 Å². The minimum atomic E-state index is -1.25. The van der Waals surface area contributed by atoms with Gasteiger partial charge in [-0.05, 0) is 39.2 Å². The summed E-state index contributed by atoms with van der Waals surface area (Å²) >= 11 is 3.67. The van der Waals surface area contributed by atoms with Crippen LogP contribution in [0.3, 0.4) is 0 Å². The first-order valence-electron chi connectivity index (χ1n) is 13.0. The molecular formula is C29H37BrN2O6. The lowest BCUT2D eigenvalue weighted by atomic mass is 9.70. The molecule has 9 heteroatoms. The van der Waals surface area contributed by atoms with E-state index in [1.54, 1.807) is 17.1 Å². The van der Waals surface area contributed by atoms with Gasteiger partial charge in [-0.3, -0.25) is 14.4 Å². The average Bonchev–Trinajstić information content (AvgIpc) is 3.46. The van der Waals surface area contributed by atoms with Crippen LogP contribution in [0.1, 0.15) is 45.2 Å². The molecule has 0 aromatic heterocycles. The van der Waals surface area contributed by atoms with E-state index in [0.717, 1.165) is 0 Å². The maximum Gasteiger partial charge on any atom is 0.312 e. The van der Waals surface area contributed by atoms with E-state index in [0.29, 0.717) is 18.4 Å². The number of alkyl halides is 1. The van der Waals surface area contributed by atoms with Crippen molar-refractivity contribution in [2.24, 2.45) is 11.8 Å². The first-order valence-corrected chi connectivity index (χ1v) is 13.9. The quantitative estimate of drug-likeness (QED) is 0.195. The standard InChI is InChI=1S/C29H37BrN2O6/c1-6-8-15-37-27(36)21-22-25(34)32(20(17-33)18-12-10-9-11-13-18)24(29(22)16-19(30)23(21)38-29)26(35)31(14-7-2)28(3,4)5/h6-7,9-13,19-24,33H,1-2,8,14-17H2,3-5H3/t19?,20-,21-,22+,23-,24?,29?/m1/s1. The van der Waals surface area contributed by atoms with Gasteiger partial charge in [-0.2, -0.15) is 0 Å². The number of fused-ring (bicyclic) bond motifs is 1. The molecule has 2 amide bonds. The Labute approximate surface area is 232 Å². The van der Waals surface area contributed by atoms with Gasteiger partial charge in [0.15, 0.2) is 0 Å². The van der Waals surface area contributed by atoms with Crippen molar-refractivity contribution in [2.45, 2.75) is 67.8 Å². The fourth-order valence-corrected chi connectivity index (χ4v) is 7.23. The second-order valence-corrected chi connectivity index (χ2v) is 12.3. The number of likely N-dealkylation sites (tertiary alicyclic amines) is 1. The number of nitrogens with zero attached hydrogens (tertiary/aromatic N) is 2. The Kier molecular flexibility index (Phi) is 8.21. The summed E-state index contributed by atoms with van der Waals surface area (Å²) in [6.07, 6.45) is 3.56. The zero-order valence-corrected chi connectivity index (χ0v) is 23.8. The van der Waals surface area contributed by atoms with Gasteiger partial charge in [0.25, 0.3) is 0 Å². The predicted octanol–water partition coefficient (Wildman–Crippen LogP) is 3.40. The minimum Gasteiger partial charge on any atom is -0.465 e. The van der Waals surface area contributed by atoms with Crippen molar-refractivity contribution >= 4 is 33.7 Å². The maximum absolute atomic E-state index is 14.5. The van der Waals surface area contributed by atoms with E-state index in [2.05, 4.69) is 29.1 Å². The van der Waals surface area contributed by atoms with E-state index >= 15 is 0 Å². The SMILES string of the molecule is C=CCCOC(=O)[C@H]1[C@@H]2OC3(CC2Br)C(C(=O)N(CC=C)C(C)(C)C)N([C@H](CO)c2ccccc2)C(=O)[C@H]13. The molecule has 3 fully saturated rings. The molecule has 206 valence electrons. The number of halogens is 1. The molecule has 1 aromatic rings. The maximum atomic E-state index is 14.5. The number of rotatable bonds is 10. The van der Waals surface area contributed by atoms with Crippen molar-refractivity contribution in [3.05, 3.63) is 61.2 Å². The second-order valence-electron chi connectivity index (χ2n) is 11.2. The van der Waals surface area contributed by atoms with Gasteiger partial charge in [-0.1, -0.05) is 58.4 Å².